The molecule has 0 aliphatic carbocycles. The third-order valence-corrected chi connectivity index (χ3v) is 3.78. The first-order valence-corrected chi connectivity index (χ1v) is 7.54. The van der Waals surface area contributed by atoms with Gasteiger partial charge in [-0.15, -0.1) is 0 Å². The molecule has 2 rings (SSSR count). The van der Waals surface area contributed by atoms with Crippen LogP contribution in [0.2, 0.25) is 5.02 Å². The fourth-order valence-corrected chi connectivity index (χ4v) is 2.48. The van der Waals surface area contributed by atoms with Crippen LogP contribution in [0.5, 0.6) is 11.6 Å². The first-order valence-electron chi connectivity index (χ1n) is 5.24. The standard InChI is InChI=1S/C13H10Br2ClNO/c1-8-4-9(6-14)7-17-13(8)18-12-3-2-10(15)5-11(12)16/h2-5,7H,6H2,1H3. The van der Waals surface area contributed by atoms with E-state index in [2.05, 4.69) is 36.8 Å². The molecular weight excluding hydrogens is 381 g/mol. The molecule has 1 heterocycles. The van der Waals surface area contributed by atoms with Gasteiger partial charge in [-0.2, -0.15) is 0 Å². The second kappa shape index (κ2) is 6.04. The summed E-state index contributed by atoms with van der Waals surface area (Å²) in [7, 11) is 0. The van der Waals surface area contributed by atoms with Gasteiger partial charge in [0, 0.05) is 21.6 Å². The number of rotatable bonds is 3. The van der Waals surface area contributed by atoms with E-state index in [1.54, 1.807) is 12.3 Å². The maximum atomic E-state index is 6.10. The summed E-state index contributed by atoms with van der Waals surface area (Å²) >= 11 is 12.8. The zero-order valence-corrected chi connectivity index (χ0v) is 13.5. The Morgan fingerprint density at radius 2 is 2.11 bits per heavy atom. The lowest BCUT2D eigenvalue weighted by Gasteiger charge is -2.09. The minimum atomic E-state index is 0.551. The summed E-state index contributed by atoms with van der Waals surface area (Å²) < 4.78 is 6.63. The molecule has 0 aliphatic heterocycles. The number of alkyl halides is 1. The van der Waals surface area contributed by atoms with Gasteiger partial charge in [-0.3, -0.25) is 0 Å². The number of pyridine rings is 1. The van der Waals surface area contributed by atoms with Crippen LogP contribution in [-0.2, 0) is 5.33 Å². The van der Waals surface area contributed by atoms with Gasteiger partial charge >= 0.3 is 0 Å². The lowest BCUT2D eigenvalue weighted by atomic mass is 10.2. The van der Waals surface area contributed by atoms with E-state index in [9.17, 15) is 0 Å². The highest BCUT2D eigenvalue weighted by atomic mass is 79.9. The van der Waals surface area contributed by atoms with Gasteiger partial charge in [0.05, 0.1) is 5.02 Å². The van der Waals surface area contributed by atoms with Crippen LogP contribution in [0.25, 0.3) is 0 Å². The van der Waals surface area contributed by atoms with E-state index in [4.69, 9.17) is 16.3 Å². The number of ether oxygens (including phenoxy) is 1. The van der Waals surface area contributed by atoms with Crippen LogP contribution in [0, 0.1) is 6.92 Å². The summed E-state index contributed by atoms with van der Waals surface area (Å²) in [5, 5.41) is 1.33. The van der Waals surface area contributed by atoms with Crippen molar-refractivity contribution in [1.82, 2.24) is 4.98 Å². The van der Waals surface area contributed by atoms with E-state index in [0.717, 1.165) is 20.9 Å². The highest BCUT2D eigenvalue weighted by Crippen LogP contribution is 2.32. The van der Waals surface area contributed by atoms with E-state index >= 15 is 0 Å². The van der Waals surface area contributed by atoms with Gasteiger partial charge in [0.25, 0.3) is 0 Å². The molecule has 1 aromatic heterocycles. The Morgan fingerprint density at radius 3 is 2.72 bits per heavy atom. The lowest BCUT2D eigenvalue weighted by molar-refractivity contribution is 0.459. The molecule has 0 unspecified atom stereocenters. The molecule has 0 spiro atoms. The van der Waals surface area contributed by atoms with Crippen molar-refractivity contribution in [1.29, 1.82) is 0 Å². The Balaban J connectivity index is 2.28. The van der Waals surface area contributed by atoms with Crippen molar-refractivity contribution >= 4 is 43.5 Å². The topological polar surface area (TPSA) is 22.1 Å². The maximum Gasteiger partial charge on any atom is 0.222 e. The molecule has 0 saturated carbocycles. The quantitative estimate of drug-likeness (QED) is 0.645. The number of hydrogen-bond donors (Lipinski definition) is 0. The van der Waals surface area contributed by atoms with Gasteiger partial charge in [0.1, 0.15) is 5.75 Å². The second-order valence-corrected chi connectivity index (χ2v) is 5.66. The van der Waals surface area contributed by atoms with Gasteiger partial charge in [-0.25, -0.2) is 4.98 Å². The molecule has 2 nitrogen and oxygen atoms in total. The highest BCUT2D eigenvalue weighted by molar-refractivity contribution is 9.10. The first kappa shape index (κ1) is 13.8. The molecule has 0 amide bonds. The van der Waals surface area contributed by atoms with E-state index in [0.29, 0.717) is 16.7 Å². The Bertz CT molecular complexity index is 575. The Morgan fingerprint density at radius 1 is 1.33 bits per heavy atom. The summed E-state index contributed by atoms with van der Waals surface area (Å²) in [5.74, 6) is 1.17. The second-order valence-electron chi connectivity index (χ2n) is 3.78. The zero-order chi connectivity index (χ0) is 13.1. The van der Waals surface area contributed by atoms with Crippen LogP contribution >= 0.6 is 43.5 Å². The Kier molecular flexibility index (Phi) is 4.65. The minimum Gasteiger partial charge on any atom is -0.437 e. The molecule has 1 aromatic carbocycles. The molecule has 0 atom stereocenters. The van der Waals surface area contributed by atoms with Gasteiger partial charge in [0.2, 0.25) is 5.88 Å². The third kappa shape index (κ3) is 3.25. The number of hydrogen-bond acceptors (Lipinski definition) is 2. The summed E-state index contributed by atoms with van der Waals surface area (Å²) in [6, 6.07) is 7.51. The zero-order valence-electron chi connectivity index (χ0n) is 9.58. The molecule has 94 valence electrons. The maximum absolute atomic E-state index is 6.10. The minimum absolute atomic E-state index is 0.551. The molecule has 0 saturated heterocycles. The predicted molar refractivity (Wildman–Crippen MR) is 80.8 cm³/mol. The number of nitrogens with zero attached hydrogens (tertiary/aromatic N) is 1. The van der Waals surface area contributed by atoms with E-state index in [1.165, 1.54) is 0 Å². The molecule has 2 aromatic rings. The molecule has 5 heteroatoms. The monoisotopic (exact) mass is 389 g/mol. The van der Waals surface area contributed by atoms with E-state index < -0.39 is 0 Å². The van der Waals surface area contributed by atoms with Crippen molar-refractivity contribution < 1.29 is 4.74 Å². The highest BCUT2D eigenvalue weighted by Gasteiger charge is 2.07. The molecular formula is C13H10Br2ClNO. The molecule has 0 radical (unpaired) electrons. The van der Waals surface area contributed by atoms with Crippen molar-refractivity contribution in [3.63, 3.8) is 0 Å². The average molecular weight is 391 g/mol. The van der Waals surface area contributed by atoms with Crippen LogP contribution in [0.4, 0.5) is 0 Å². The molecule has 0 aliphatic rings. The lowest BCUT2D eigenvalue weighted by Crippen LogP contribution is -1.93. The SMILES string of the molecule is Cc1cc(CBr)cnc1Oc1ccc(Br)cc1Cl. The summed E-state index contributed by atoms with van der Waals surface area (Å²) in [5.41, 5.74) is 2.09. The van der Waals surface area contributed by atoms with Crippen molar-refractivity contribution in [2.24, 2.45) is 0 Å². The van der Waals surface area contributed by atoms with Gasteiger partial charge in [0.15, 0.2) is 0 Å². The number of benzene rings is 1. The van der Waals surface area contributed by atoms with Crippen LogP contribution in [0.3, 0.4) is 0 Å². The van der Waals surface area contributed by atoms with Crippen LogP contribution < -0.4 is 4.74 Å². The largest absolute Gasteiger partial charge is 0.437 e. The van der Waals surface area contributed by atoms with Gasteiger partial charge in [-0.05, 0) is 36.8 Å². The van der Waals surface area contributed by atoms with Crippen molar-refractivity contribution in [2.75, 3.05) is 0 Å². The van der Waals surface area contributed by atoms with Crippen molar-refractivity contribution in [3.8, 4) is 11.6 Å². The molecule has 18 heavy (non-hydrogen) atoms. The average Bonchev–Trinajstić information content (AvgIpc) is 2.34. The van der Waals surface area contributed by atoms with Crippen LogP contribution in [0.15, 0.2) is 34.9 Å². The fourth-order valence-electron chi connectivity index (χ4n) is 1.46. The number of halogens is 3. The third-order valence-electron chi connectivity index (χ3n) is 2.34. The summed E-state index contributed by atoms with van der Waals surface area (Å²) in [6.07, 6.45) is 1.78. The van der Waals surface area contributed by atoms with Crippen LogP contribution in [0.1, 0.15) is 11.1 Å². The normalized spacial score (nSPS) is 10.4. The van der Waals surface area contributed by atoms with E-state index in [1.807, 2.05) is 25.1 Å². The number of aromatic nitrogens is 1. The Hall–Kier alpha value is -0.580. The van der Waals surface area contributed by atoms with E-state index in [-0.39, 0.29) is 0 Å². The predicted octanol–water partition coefficient (Wildman–Crippen LogP) is 5.49. The first-order chi connectivity index (χ1) is 8.60. The molecule has 0 bridgehead atoms. The smallest absolute Gasteiger partial charge is 0.222 e. The van der Waals surface area contributed by atoms with Crippen LogP contribution in [-0.4, -0.2) is 4.98 Å². The molecule has 0 N–H and O–H groups in total. The van der Waals surface area contributed by atoms with Gasteiger partial charge in [-0.1, -0.05) is 43.5 Å². The van der Waals surface area contributed by atoms with Crippen molar-refractivity contribution in [3.05, 3.63) is 51.1 Å². The number of aryl methyl sites for hydroxylation is 1. The molecule has 0 fully saturated rings. The summed E-state index contributed by atoms with van der Waals surface area (Å²) in [4.78, 5) is 4.29. The fraction of sp³-hybridized carbons (Fsp3) is 0.154. The Labute approximate surface area is 128 Å². The van der Waals surface area contributed by atoms with Crippen molar-refractivity contribution in [2.45, 2.75) is 12.3 Å². The summed E-state index contributed by atoms with van der Waals surface area (Å²) in [6.45, 7) is 1.96. The van der Waals surface area contributed by atoms with Gasteiger partial charge < -0.3 is 4.74 Å².